The first-order valence-corrected chi connectivity index (χ1v) is 3.64. The fraction of sp³-hybridized carbons (Fsp3) is 1.00. The van der Waals surface area contributed by atoms with E-state index in [1.165, 1.54) is 0 Å². The van der Waals surface area contributed by atoms with E-state index in [2.05, 4.69) is 6.92 Å². The fourth-order valence-corrected chi connectivity index (χ4v) is 1.39. The summed E-state index contributed by atoms with van der Waals surface area (Å²) < 4.78 is 0. The van der Waals surface area contributed by atoms with E-state index >= 15 is 0 Å². The summed E-state index contributed by atoms with van der Waals surface area (Å²) in [5.74, 6) is 0.508. The normalized spacial score (nSPS) is 45.0. The molecule has 0 heterocycles. The molecule has 0 bridgehead atoms. The van der Waals surface area contributed by atoms with E-state index in [0.717, 1.165) is 19.3 Å². The van der Waals surface area contributed by atoms with E-state index in [0.29, 0.717) is 12.0 Å². The van der Waals surface area contributed by atoms with Crippen molar-refractivity contribution in [2.24, 2.45) is 11.7 Å². The molecule has 0 aliphatic heterocycles. The van der Waals surface area contributed by atoms with Crippen LogP contribution < -0.4 is 5.73 Å². The van der Waals surface area contributed by atoms with Crippen molar-refractivity contribution < 1.29 is 5.11 Å². The second-order valence-corrected chi connectivity index (χ2v) is 3.11. The van der Waals surface area contributed by atoms with Gasteiger partial charge in [-0.3, -0.25) is 0 Å². The lowest BCUT2D eigenvalue weighted by Crippen LogP contribution is -2.36. The lowest BCUT2D eigenvalue weighted by Gasteiger charge is -2.28. The molecule has 1 aliphatic rings. The van der Waals surface area contributed by atoms with Crippen LogP contribution in [-0.4, -0.2) is 17.3 Å². The number of nitrogens with two attached hydrogens (primary N) is 1. The molecular formula is C7H15NO. The first kappa shape index (κ1) is 7.03. The Kier molecular flexibility index (Phi) is 2.09. The predicted octanol–water partition coefficient (Wildman–Crippen LogP) is 0.495. The zero-order valence-electron chi connectivity index (χ0n) is 5.88. The number of aliphatic hydroxyl groups excluding tert-OH is 1. The number of rotatable bonds is 0. The molecule has 3 N–H and O–H groups in total. The first-order chi connectivity index (χ1) is 4.20. The van der Waals surface area contributed by atoms with Crippen LogP contribution >= 0.6 is 0 Å². The van der Waals surface area contributed by atoms with Gasteiger partial charge in [-0.15, -0.1) is 0 Å². The molecule has 3 atom stereocenters. The van der Waals surface area contributed by atoms with Gasteiger partial charge >= 0.3 is 0 Å². The van der Waals surface area contributed by atoms with E-state index in [4.69, 9.17) is 10.8 Å². The summed E-state index contributed by atoms with van der Waals surface area (Å²) in [6.07, 6.45) is 2.69. The van der Waals surface area contributed by atoms with E-state index in [9.17, 15) is 0 Å². The summed E-state index contributed by atoms with van der Waals surface area (Å²) in [5.41, 5.74) is 5.73. The molecule has 2 nitrogen and oxygen atoms in total. The minimum atomic E-state index is -0.0835. The standard InChI is InChI=1S/C7H15NO/c1-5-4-6(9)2-3-7(5)8/h5-7,9H,2-4,8H2,1H3/t5-,6?,7+/m1/s1. The van der Waals surface area contributed by atoms with Gasteiger partial charge in [-0.25, -0.2) is 0 Å². The monoisotopic (exact) mass is 129 g/mol. The Balaban J connectivity index is 2.35. The smallest absolute Gasteiger partial charge is 0.0544 e. The molecular weight excluding hydrogens is 114 g/mol. The van der Waals surface area contributed by atoms with Crippen LogP contribution in [0, 0.1) is 5.92 Å². The van der Waals surface area contributed by atoms with Gasteiger partial charge in [0.05, 0.1) is 6.10 Å². The molecule has 0 saturated heterocycles. The Hall–Kier alpha value is -0.0800. The molecule has 0 spiro atoms. The fourth-order valence-electron chi connectivity index (χ4n) is 1.39. The molecule has 1 saturated carbocycles. The highest BCUT2D eigenvalue weighted by molar-refractivity contribution is 4.78. The third kappa shape index (κ3) is 1.66. The van der Waals surface area contributed by atoms with Crippen LogP contribution in [0.2, 0.25) is 0 Å². The average Bonchev–Trinajstić information content (AvgIpc) is 1.80. The zero-order chi connectivity index (χ0) is 6.85. The second kappa shape index (κ2) is 2.67. The largest absolute Gasteiger partial charge is 0.393 e. The van der Waals surface area contributed by atoms with Crippen LogP contribution in [0.15, 0.2) is 0 Å². The predicted molar refractivity (Wildman–Crippen MR) is 37.0 cm³/mol. The Bertz CT molecular complexity index is 94.9. The maximum atomic E-state index is 9.14. The maximum Gasteiger partial charge on any atom is 0.0544 e. The van der Waals surface area contributed by atoms with E-state index in [1.807, 2.05) is 0 Å². The summed E-state index contributed by atoms with van der Waals surface area (Å²) >= 11 is 0. The van der Waals surface area contributed by atoms with Gasteiger partial charge in [0.2, 0.25) is 0 Å². The van der Waals surface area contributed by atoms with Gasteiger partial charge in [-0.05, 0) is 25.2 Å². The highest BCUT2D eigenvalue weighted by atomic mass is 16.3. The molecule has 0 aromatic carbocycles. The molecule has 54 valence electrons. The summed E-state index contributed by atoms with van der Waals surface area (Å²) in [5, 5.41) is 9.14. The Morgan fingerprint density at radius 1 is 1.44 bits per heavy atom. The van der Waals surface area contributed by atoms with E-state index in [-0.39, 0.29) is 6.10 Å². The number of aliphatic hydroxyl groups is 1. The second-order valence-electron chi connectivity index (χ2n) is 3.11. The van der Waals surface area contributed by atoms with Crippen molar-refractivity contribution in [1.82, 2.24) is 0 Å². The van der Waals surface area contributed by atoms with Crippen LogP contribution in [0.4, 0.5) is 0 Å². The molecule has 1 unspecified atom stereocenters. The summed E-state index contributed by atoms with van der Waals surface area (Å²) in [4.78, 5) is 0. The van der Waals surface area contributed by atoms with E-state index in [1.54, 1.807) is 0 Å². The van der Waals surface area contributed by atoms with Crippen molar-refractivity contribution in [2.75, 3.05) is 0 Å². The van der Waals surface area contributed by atoms with Gasteiger partial charge in [-0.2, -0.15) is 0 Å². The molecule has 2 heteroatoms. The Morgan fingerprint density at radius 2 is 2.11 bits per heavy atom. The van der Waals surface area contributed by atoms with Crippen LogP contribution in [0.3, 0.4) is 0 Å². The SMILES string of the molecule is C[C@@H]1CC(O)CC[C@@H]1N. The lowest BCUT2D eigenvalue weighted by atomic mass is 9.85. The van der Waals surface area contributed by atoms with Gasteiger partial charge in [-0.1, -0.05) is 6.92 Å². The molecule has 0 aromatic heterocycles. The van der Waals surface area contributed by atoms with Gasteiger partial charge in [0.25, 0.3) is 0 Å². The highest BCUT2D eigenvalue weighted by Crippen LogP contribution is 2.22. The zero-order valence-corrected chi connectivity index (χ0v) is 5.88. The molecule has 9 heavy (non-hydrogen) atoms. The van der Waals surface area contributed by atoms with Gasteiger partial charge in [0.1, 0.15) is 0 Å². The van der Waals surface area contributed by atoms with Crippen LogP contribution in [0.25, 0.3) is 0 Å². The topological polar surface area (TPSA) is 46.2 Å². The summed E-state index contributed by atoms with van der Waals surface area (Å²) in [7, 11) is 0. The molecule has 0 radical (unpaired) electrons. The molecule has 0 amide bonds. The Morgan fingerprint density at radius 3 is 2.56 bits per heavy atom. The molecule has 0 aromatic rings. The minimum absolute atomic E-state index is 0.0835. The highest BCUT2D eigenvalue weighted by Gasteiger charge is 2.22. The first-order valence-electron chi connectivity index (χ1n) is 3.64. The van der Waals surface area contributed by atoms with Crippen molar-refractivity contribution in [3.8, 4) is 0 Å². The van der Waals surface area contributed by atoms with Crippen molar-refractivity contribution in [2.45, 2.75) is 38.3 Å². The number of hydrogen-bond acceptors (Lipinski definition) is 2. The third-order valence-electron chi connectivity index (χ3n) is 2.21. The summed E-state index contributed by atoms with van der Waals surface area (Å²) in [6, 6.07) is 0.327. The Labute approximate surface area is 56.1 Å². The number of hydrogen-bond donors (Lipinski definition) is 2. The van der Waals surface area contributed by atoms with Crippen molar-refractivity contribution in [3.05, 3.63) is 0 Å². The van der Waals surface area contributed by atoms with Gasteiger partial charge in [0, 0.05) is 6.04 Å². The van der Waals surface area contributed by atoms with Gasteiger partial charge < -0.3 is 10.8 Å². The quantitative estimate of drug-likeness (QED) is 0.500. The van der Waals surface area contributed by atoms with Crippen molar-refractivity contribution >= 4 is 0 Å². The lowest BCUT2D eigenvalue weighted by molar-refractivity contribution is 0.0961. The molecule has 1 rings (SSSR count). The maximum absolute atomic E-state index is 9.14. The third-order valence-corrected chi connectivity index (χ3v) is 2.21. The average molecular weight is 129 g/mol. The van der Waals surface area contributed by atoms with Gasteiger partial charge in [0.15, 0.2) is 0 Å². The van der Waals surface area contributed by atoms with E-state index < -0.39 is 0 Å². The van der Waals surface area contributed by atoms with Crippen LogP contribution in [0.5, 0.6) is 0 Å². The minimum Gasteiger partial charge on any atom is -0.393 e. The van der Waals surface area contributed by atoms with Crippen molar-refractivity contribution in [3.63, 3.8) is 0 Å². The molecule has 1 aliphatic carbocycles. The van der Waals surface area contributed by atoms with Crippen LogP contribution in [-0.2, 0) is 0 Å². The molecule has 1 fully saturated rings. The van der Waals surface area contributed by atoms with Crippen molar-refractivity contribution in [1.29, 1.82) is 0 Å². The van der Waals surface area contributed by atoms with Crippen LogP contribution in [0.1, 0.15) is 26.2 Å². The summed E-state index contributed by atoms with van der Waals surface area (Å²) in [6.45, 7) is 2.10.